The summed E-state index contributed by atoms with van der Waals surface area (Å²) in [4.78, 5) is 0. The molecule has 16 heavy (non-hydrogen) atoms. The first-order chi connectivity index (χ1) is 7.42. The van der Waals surface area contributed by atoms with E-state index in [1.165, 1.54) is 5.56 Å². The second kappa shape index (κ2) is 5.38. The molecule has 0 aliphatic heterocycles. The highest BCUT2D eigenvalue weighted by atomic mass is 32.2. The van der Waals surface area contributed by atoms with E-state index in [0.717, 1.165) is 0 Å². The molecule has 0 saturated carbocycles. The summed E-state index contributed by atoms with van der Waals surface area (Å²) in [6.07, 6.45) is 0. The van der Waals surface area contributed by atoms with Gasteiger partial charge in [-0.3, -0.25) is 4.72 Å². The molecule has 1 aromatic rings. The van der Waals surface area contributed by atoms with Crippen LogP contribution in [-0.4, -0.2) is 4.75 Å². The Morgan fingerprint density at radius 2 is 1.81 bits per heavy atom. The molecule has 1 N–H and O–H groups in total. The van der Waals surface area contributed by atoms with E-state index in [0.29, 0.717) is 5.56 Å². The predicted octanol–water partition coefficient (Wildman–Crippen LogP) is 3.66. The van der Waals surface area contributed by atoms with E-state index < -0.39 is 0 Å². The molecule has 0 aliphatic rings. The third kappa shape index (κ3) is 4.26. The third-order valence-electron chi connectivity index (χ3n) is 2.08. The number of hydrogen-bond acceptors (Lipinski definition) is 3. The first-order valence-electron chi connectivity index (χ1n) is 5.36. The van der Waals surface area contributed by atoms with Crippen LogP contribution < -0.4 is 4.72 Å². The fraction of sp³-hybridized carbons (Fsp3) is 0.462. The Kier molecular flexibility index (Phi) is 4.40. The molecule has 0 amide bonds. The van der Waals surface area contributed by atoms with Crippen LogP contribution in [0.5, 0.6) is 0 Å². The summed E-state index contributed by atoms with van der Waals surface area (Å²) in [5, 5.41) is 8.71. The minimum absolute atomic E-state index is 0.209. The first kappa shape index (κ1) is 13.1. The second-order valence-electron chi connectivity index (χ2n) is 4.79. The Morgan fingerprint density at radius 1 is 1.25 bits per heavy atom. The summed E-state index contributed by atoms with van der Waals surface area (Å²) >= 11 is 1.73. The quantitative estimate of drug-likeness (QED) is 0.811. The summed E-state index contributed by atoms with van der Waals surface area (Å²) in [7, 11) is 0. The van der Waals surface area contributed by atoms with Gasteiger partial charge in [0.1, 0.15) is 0 Å². The molecule has 0 spiro atoms. The molecule has 3 heteroatoms. The van der Waals surface area contributed by atoms with Gasteiger partial charge in [0.25, 0.3) is 0 Å². The first-order valence-corrected chi connectivity index (χ1v) is 6.17. The maximum absolute atomic E-state index is 8.71. The Labute approximate surface area is 102 Å². The molecule has 0 aromatic heterocycles. The summed E-state index contributed by atoms with van der Waals surface area (Å²) in [5.41, 5.74) is 1.91. The van der Waals surface area contributed by atoms with Crippen molar-refractivity contribution in [3.8, 4) is 6.07 Å². The topological polar surface area (TPSA) is 35.8 Å². The Morgan fingerprint density at radius 3 is 2.25 bits per heavy atom. The smallest absolute Gasteiger partial charge is 0.0991 e. The third-order valence-corrected chi connectivity index (χ3v) is 3.17. The van der Waals surface area contributed by atoms with E-state index >= 15 is 0 Å². The van der Waals surface area contributed by atoms with Crippen LogP contribution in [0.2, 0.25) is 0 Å². The molecule has 0 radical (unpaired) electrons. The standard InChI is InChI=1S/C13H18N2S/c1-10(15-16-13(2,3)4)12-7-5-11(9-14)6-8-12/h5-8,10,15H,1-4H3/t10-/m0/s1. The lowest BCUT2D eigenvalue weighted by atomic mass is 10.1. The van der Waals surface area contributed by atoms with Gasteiger partial charge in [0.05, 0.1) is 11.6 Å². The molecule has 0 unspecified atom stereocenters. The maximum Gasteiger partial charge on any atom is 0.0991 e. The minimum Gasteiger partial charge on any atom is -0.256 e. The average Bonchev–Trinajstić information content (AvgIpc) is 2.25. The average molecular weight is 234 g/mol. The SMILES string of the molecule is C[C@H](NSC(C)(C)C)c1ccc(C#N)cc1. The molecule has 0 fully saturated rings. The second-order valence-corrected chi connectivity index (χ2v) is 6.45. The number of nitrogens with one attached hydrogen (secondary N) is 1. The van der Waals surface area contributed by atoms with E-state index in [1.54, 1.807) is 11.9 Å². The molecule has 0 saturated heterocycles. The van der Waals surface area contributed by atoms with Crippen LogP contribution in [0.3, 0.4) is 0 Å². The number of hydrogen-bond donors (Lipinski definition) is 1. The van der Waals surface area contributed by atoms with Crippen molar-refractivity contribution in [1.82, 2.24) is 4.72 Å². The maximum atomic E-state index is 8.71. The molecule has 1 atom stereocenters. The van der Waals surface area contributed by atoms with Gasteiger partial charge in [-0.25, -0.2) is 0 Å². The van der Waals surface area contributed by atoms with Crippen molar-refractivity contribution in [2.75, 3.05) is 0 Å². The summed E-state index contributed by atoms with van der Waals surface area (Å²) in [6, 6.07) is 10.1. The van der Waals surface area contributed by atoms with E-state index in [-0.39, 0.29) is 10.8 Å². The number of rotatable bonds is 3. The highest BCUT2D eigenvalue weighted by Gasteiger charge is 2.13. The lowest BCUT2D eigenvalue weighted by molar-refractivity contribution is 0.724. The van der Waals surface area contributed by atoms with Crippen LogP contribution >= 0.6 is 11.9 Å². The van der Waals surface area contributed by atoms with Crippen molar-refractivity contribution >= 4 is 11.9 Å². The van der Waals surface area contributed by atoms with Crippen LogP contribution in [0.4, 0.5) is 0 Å². The summed E-state index contributed by atoms with van der Waals surface area (Å²) in [5.74, 6) is 0. The normalized spacial score (nSPS) is 13.2. The van der Waals surface area contributed by atoms with Crippen molar-refractivity contribution in [3.05, 3.63) is 35.4 Å². The van der Waals surface area contributed by atoms with Crippen molar-refractivity contribution in [2.24, 2.45) is 0 Å². The van der Waals surface area contributed by atoms with Crippen molar-refractivity contribution in [3.63, 3.8) is 0 Å². The predicted molar refractivity (Wildman–Crippen MR) is 70.1 cm³/mol. The van der Waals surface area contributed by atoms with E-state index in [9.17, 15) is 0 Å². The highest BCUT2D eigenvalue weighted by molar-refractivity contribution is 7.98. The van der Waals surface area contributed by atoms with E-state index in [2.05, 4.69) is 38.5 Å². The molecule has 1 rings (SSSR count). The molecular weight excluding hydrogens is 216 g/mol. The zero-order chi connectivity index (χ0) is 12.2. The van der Waals surface area contributed by atoms with Gasteiger partial charge < -0.3 is 0 Å². The molecule has 1 aromatic carbocycles. The van der Waals surface area contributed by atoms with Crippen molar-refractivity contribution in [2.45, 2.75) is 38.5 Å². The number of nitriles is 1. The number of nitrogens with zero attached hydrogens (tertiary/aromatic N) is 1. The van der Waals surface area contributed by atoms with Gasteiger partial charge in [0.2, 0.25) is 0 Å². The van der Waals surface area contributed by atoms with Gasteiger partial charge in [-0.15, -0.1) is 0 Å². The molecule has 0 aliphatic carbocycles. The largest absolute Gasteiger partial charge is 0.256 e. The highest BCUT2D eigenvalue weighted by Crippen LogP contribution is 2.24. The number of benzene rings is 1. The van der Waals surface area contributed by atoms with Crippen LogP contribution in [0.15, 0.2) is 24.3 Å². The fourth-order valence-electron chi connectivity index (χ4n) is 1.18. The van der Waals surface area contributed by atoms with Gasteiger partial charge in [-0.1, -0.05) is 24.1 Å². The Balaban J connectivity index is 2.60. The van der Waals surface area contributed by atoms with Gasteiger partial charge in [-0.05, 0) is 45.4 Å². The van der Waals surface area contributed by atoms with Gasteiger partial charge >= 0.3 is 0 Å². The van der Waals surface area contributed by atoms with Crippen molar-refractivity contribution in [1.29, 1.82) is 5.26 Å². The molecular formula is C13H18N2S. The zero-order valence-electron chi connectivity index (χ0n) is 10.2. The van der Waals surface area contributed by atoms with Crippen LogP contribution in [-0.2, 0) is 0 Å². The fourth-order valence-corrected chi connectivity index (χ4v) is 1.85. The van der Waals surface area contributed by atoms with Crippen LogP contribution in [0, 0.1) is 11.3 Å². The minimum atomic E-state index is 0.209. The summed E-state index contributed by atoms with van der Waals surface area (Å²) < 4.78 is 3.62. The van der Waals surface area contributed by atoms with Gasteiger partial charge in [-0.2, -0.15) is 5.26 Å². The molecule has 0 heterocycles. The Hall–Kier alpha value is -0.980. The van der Waals surface area contributed by atoms with Crippen LogP contribution in [0.25, 0.3) is 0 Å². The van der Waals surface area contributed by atoms with Gasteiger partial charge in [0, 0.05) is 10.8 Å². The van der Waals surface area contributed by atoms with Gasteiger partial charge in [0.15, 0.2) is 0 Å². The zero-order valence-corrected chi connectivity index (χ0v) is 11.1. The lowest BCUT2D eigenvalue weighted by Gasteiger charge is -2.21. The summed E-state index contributed by atoms with van der Waals surface area (Å²) in [6.45, 7) is 8.66. The van der Waals surface area contributed by atoms with Crippen molar-refractivity contribution < 1.29 is 0 Å². The molecule has 86 valence electrons. The molecule has 0 bridgehead atoms. The van der Waals surface area contributed by atoms with E-state index in [1.807, 2.05) is 24.3 Å². The lowest BCUT2D eigenvalue weighted by Crippen LogP contribution is -2.19. The Bertz CT molecular complexity index is 370. The van der Waals surface area contributed by atoms with E-state index in [4.69, 9.17) is 5.26 Å². The van der Waals surface area contributed by atoms with Crippen LogP contribution in [0.1, 0.15) is 44.9 Å². The molecule has 2 nitrogen and oxygen atoms in total. The monoisotopic (exact) mass is 234 g/mol.